The van der Waals surface area contributed by atoms with Crippen LogP contribution in [0, 0.1) is 40.9 Å². The molecule has 1 aliphatic rings. The van der Waals surface area contributed by atoms with Crippen LogP contribution in [0.1, 0.15) is 42.7 Å². The molecule has 1 aromatic carbocycles. The van der Waals surface area contributed by atoms with Crippen molar-refractivity contribution in [3.63, 3.8) is 0 Å². The summed E-state index contributed by atoms with van der Waals surface area (Å²) < 4.78 is 0. The van der Waals surface area contributed by atoms with Crippen molar-refractivity contribution >= 4 is 0 Å². The lowest BCUT2D eigenvalue weighted by Crippen LogP contribution is -2.11. The average molecular weight is 259 g/mol. The van der Waals surface area contributed by atoms with Crippen LogP contribution in [-0.2, 0) is 0 Å². The van der Waals surface area contributed by atoms with Gasteiger partial charge in [-0.25, -0.2) is 0 Å². The van der Waals surface area contributed by atoms with Gasteiger partial charge >= 0.3 is 0 Å². The molecule has 20 heavy (non-hydrogen) atoms. The monoisotopic (exact) mass is 259 g/mol. The highest BCUT2D eigenvalue weighted by atomic mass is 14.2. The molecule has 0 aliphatic heterocycles. The van der Waals surface area contributed by atoms with Gasteiger partial charge in [0.25, 0.3) is 0 Å². The third kappa shape index (κ3) is 3.78. The Morgan fingerprint density at radius 3 is 2.30 bits per heavy atom. The van der Waals surface area contributed by atoms with Gasteiger partial charge < -0.3 is 0 Å². The van der Waals surface area contributed by atoms with Gasteiger partial charge in [0.1, 0.15) is 0 Å². The quantitative estimate of drug-likeness (QED) is 0.581. The van der Waals surface area contributed by atoms with Crippen LogP contribution in [0.3, 0.4) is 0 Å². The number of hydrogen-bond acceptors (Lipinski definition) is 1. The highest BCUT2D eigenvalue weighted by molar-refractivity contribution is 5.42. The van der Waals surface area contributed by atoms with Crippen molar-refractivity contribution in [1.29, 1.82) is 5.26 Å². The average Bonchev–Trinajstić information content (AvgIpc) is 2.52. The van der Waals surface area contributed by atoms with E-state index in [0.717, 1.165) is 5.56 Å². The number of allylic oxidation sites excluding steroid dienone is 1. The van der Waals surface area contributed by atoms with Gasteiger partial charge in [0.05, 0.1) is 0 Å². The van der Waals surface area contributed by atoms with E-state index in [1.165, 1.54) is 31.2 Å². The second-order valence-electron chi connectivity index (χ2n) is 5.08. The lowest BCUT2D eigenvalue weighted by Gasteiger charge is -2.26. The largest absolute Gasteiger partial charge is 0.183 e. The Morgan fingerprint density at radius 1 is 1.00 bits per heavy atom. The van der Waals surface area contributed by atoms with Crippen molar-refractivity contribution < 1.29 is 0 Å². The summed E-state index contributed by atoms with van der Waals surface area (Å²) >= 11 is 0. The van der Waals surface area contributed by atoms with E-state index in [1.807, 2.05) is 12.1 Å². The Hall–Kier alpha value is -2.43. The summed E-state index contributed by atoms with van der Waals surface area (Å²) in [6.45, 7) is 3.89. The third-order valence-electron chi connectivity index (χ3n) is 3.87. The molecule has 1 heteroatoms. The third-order valence-corrected chi connectivity index (χ3v) is 3.87. The standard InChI is InChI=1S/C19H17N/c1-2-16-7-11-18(12-8-16)19-13-9-17(10-14-19)6-4-3-5-15-20/h2,9-10,13-14,16,18H,1,7-8,11-12H2. The minimum absolute atomic E-state index is 0.673. The van der Waals surface area contributed by atoms with Crippen molar-refractivity contribution in [3.05, 3.63) is 48.0 Å². The molecular weight excluding hydrogens is 242 g/mol. The predicted octanol–water partition coefficient (Wildman–Crippen LogP) is 4.02. The predicted molar refractivity (Wildman–Crippen MR) is 81.6 cm³/mol. The molecule has 1 fully saturated rings. The molecule has 2 rings (SSSR count). The summed E-state index contributed by atoms with van der Waals surface area (Å²) in [6, 6.07) is 10.2. The Balaban J connectivity index is 2.00. The summed E-state index contributed by atoms with van der Waals surface area (Å²) in [6.07, 6.45) is 7.08. The first-order chi connectivity index (χ1) is 9.83. The van der Waals surface area contributed by atoms with E-state index in [1.54, 1.807) is 6.07 Å². The van der Waals surface area contributed by atoms with E-state index in [0.29, 0.717) is 11.8 Å². The van der Waals surface area contributed by atoms with E-state index in [4.69, 9.17) is 5.26 Å². The van der Waals surface area contributed by atoms with E-state index in [2.05, 4.69) is 48.5 Å². The molecule has 0 heterocycles. The van der Waals surface area contributed by atoms with E-state index in [-0.39, 0.29) is 0 Å². The molecule has 0 unspecified atom stereocenters. The zero-order chi connectivity index (χ0) is 14.2. The van der Waals surface area contributed by atoms with Gasteiger partial charge in [-0.3, -0.25) is 0 Å². The summed E-state index contributed by atoms with van der Waals surface area (Å²) in [5.74, 6) is 11.7. The Morgan fingerprint density at radius 2 is 1.70 bits per heavy atom. The number of nitrogens with zero attached hydrogens (tertiary/aromatic N) is 1. The molecule has 0 atom stereocenters. The van der Waals surface area contributed by atoms with Crippen LogP contribution >= 0.6 is 0 Å². The van der Waals surface area contributed by atoms with Gasteiger partial charge in [0.2, 0.25) is 0 Å². The maximum atomic E-state index is 8.28. The molecule has 0 aromatic heterocycles. The Kier molecular flexibility index (Phi) is 5.06. The molecule has 1 aromatic rings. The second-order valence-corrected chi connectivity index (χ2v) is 5.08. The number of hydrogen-bond donors (Lipinski definition) is 0. The first-order valence-corrected chi connectivity index (χ1v) is 6.96. The number of benzene rings is 1. The normalized spacial score (nSPS) is 20.6. The van der Waals surface area contributed by atoms with Crippen LogP contribution < -0.4 is 0 Å². The van der Waals surface area contributed by atoms with Crippen molar-refractivity contribution in [2.45, 2.75) is 31.6 Å². The van der Waals surface area contributed by atoms with Crippen LogP contribution in [0.15, 0.2) is 36.9 Å². The molecule has 1 nitrogen and oxygen atoms in total. The lowest BCUT2D eigenvalue weighted by atomic mass is 9.79. The fourth-order valence-corrected chi connectivity index (χ4v) is 2.69. The van der Waals surface area contributed by atoms with Gasteiger partial charge in [0, 0.05) is 17.4 Å². The molecule has 0 amide bonds. The van der Waals surface area contributed by atoms with Crippen LogP contribution in [0.5, 0.6) is 0 Å². The minimum atomic E-state index is 0.673. The van der Waals surface area contributed by atoms with Crippen molar-refractivity contribution in [2.24, 2.45) is 5.92 Å². The number of nitriles is 1. The summed E-state index contributed by atoms with van der Waals surface area (Å²) in [5, 5.41) is 8.28. The van der Waals surface area contributed by atoms with Gasteiger partial charge in [-0.1, -0.05) is 24.1 Å². The Labute approximate surface area is 121 Å². The SMILES string of the molecule is C=CC1CCC(c2ccc(C#CC#CC#N)cc2)CC1. The van der Waals surface area contributed by atoms with Gasteiger partial charge in [-0.05, 0) is 61.1 Å². The van der Waals surface area contributed by atoms with Crippen LogP contribution in [0.25, 0.3) is 0 Å². The highest BCUT2D eigenvalue weighted by Gasteiger charge is 2.20. The van der Waals surface area contributed by atoms with E-state index < -0.39 is 0 Å². The van der Waals surface area contributed by atoms with Crippen LogP contribution in [-0.4, -0.2) is 0 Å². The molecule has 0 N–H and O–H groups in total. The Bertz CT molecular complexity index is 615. The van der Waals surface area contributed by atoms with Crippen molar-refractivity contribution in [1.82, 2.24) is 0 Å². The molecule has 0 bridgehead atoms. The molecule has 1 saturated carbocycles. The summed E-state index contributed by atoms with van der Waals surface area (Å²) in [4.78, 5) is 0. The van der Waals surface area contributed by atoms with Gasteiger partial charge in [-0.15, -0.1) is 6.58 Å². The van der Waals surface area contributed by atoms with Crippen molar-refractivity contribution in [3.8, 4) is 29.8 Å². The maximum Gasteiger partial charge on any atom is 0.153 e. The van der Waals surface area contributed by atoms with Crippen molar-refractivity contribution in [2.75, 3.05) is 0 Å². The fourth-order valence-electron chi connectivity index (χ4n) is 2.69. The fraction of sp³-hybridized carbons (Fsp3) is 0.316. The van der Waals surface area contributed by atoms with E-state index in [9.17, 15) is 0 Å². The first-order valence-electron chi connectivity index (χ1n) is 6.96. The van der Waals surface area contributed by atoms with Crippen LogP contribution in [0.4, 0.5) is 0 Å². The topological polar surface area (TPSA) is 23.8 Å². The smallest absolute Gasteiger partial charge is 0.153 e. The number of rotatable bonds is 2. The zero-order valence-electron chi connectivity index (χ0n) is 11.5. The molecular formula is C19H17N. The zero-order valence-corrected chi connectivity index (χ0v) is 11.5. The lowest BCUT2D eigenvalue weighted by molar-refractivity contribution is 0.376. The summed E-state index contributed by atoms with van der Waals surface area (Å²) in [7, 11) is 0. The highest BCUT2D eigenvalue weighted by Crippen LogP contribution is 2.35. The molecule has 0 saturated heterocycles. The van der Waals surface area contributed by atoms with E-state index >= 15 is 0 Å². The first kappa shape index (κ1) is 14.0. The molecule has 0 spiro atoms. The van der Waals surface area contributed by atoms with Crippen LogP contribution in [0.2, 0.25) is 0 Å². The maximum absolute atomic E-state index is 8.28. The molecule has 0 radical (unpaired) electrons. The minimum Gasteiger partial charge on any atom is -0.183 e. The van der Waals surface area contributed by atoms with Gasteiger partial charge in [-0.2, -0.15) is 5.26 Å². The molecule has 98 valence electrons. The summed E-state index contributed by atoms with van der Waals surface area (Å²) in [5.41, 5.74) is 2.35. The van der Waals surface area contributed by atoms with Gasteiger partial charge in [0.15, 0.2) is 6.07 Å². The second kappa shape index (κ2) is 7.23. The molecule has 1 aliphatic carbocycles.